The van der Waals surface area contributed by atoms with Crippen molar-refractivity contribution in [2.45, 2.75) is 31.3 Å². The van der Waals surface area contributed by atoms with Crippen LogP contribution in [0.15, 0.2) is 42.9 Å². The van der Waals surface area contributed by atoms with Gasteiger partial charge in [0.2, 0.25) is 0 Å². The highest BCUT2D eigenvalue weighted by Gasteiger charge is 2.31. The summed E-state index contributed by atoms with van der Waals surface area (Å²) in [6.07, 6.45) is 9.30. The minimum absolute atomic E-state index is 0. The van der Waals surface area contributed by atoms with Crippen LogP contribution < -0.4 is 0 Å². The van der Waals surface area contributed by atoms with Crippen LogP contribution in [0.2, 0.25) is 0 Å². The van der Waals surface area contributed by atoms with Gasteiger partial charge in [-0.2, -0.15) is 0 Å². The molecule has 0 aliphatic heterocycles. The number of carbonyl (C=O) groups is 1. The SMILES string of the molecule is Cl.O=C(O)c1cccn1C1CCCC1n1cccc1. The molecule has 5 heteroatoms. The van der Waals surface area contributed by atoms with Gasteiger partial charge < -0.3 is 14.2 Å². The third kappa shape index (κ3) is 2.40. The third-order valence-corrected chi connectivity index (χ3v) is 3.81. The van der Waals surface area contributed by atoms with E-state index >= 15 is 0 Å². The molecule has 0 aromatic carbocycles. The van der Waals surface area contributed by atoms with Gasteiger partial charge in [0.15, 0.2) is 0 Å². The van der Waals surface area contributed by atoms with E-state index in [2.05, 4.69) is 17.0 Å². The number of rotatable bonds is 3. The minimum atomic E-state index is -0.849. The lowest BCUT2D eigenvalue weighted by atomic mass is 10.1. The maximum Gasteiger partial charge on any atom is 0.352 e. The largest absolute Gasteiger partial charge is 0.477 e. The molecule has 0 saturated heterocycles. The molecule has 1 aliphatic rings. The number of carboxylic acids is 1. The van der Waals surface area contributed by atoms with Crippen molar-refractivity contribution >= 4 is 18.4 Å². The molecule has 3 rings (SSSR count). The fraction of sp³-hybridized carbons (Fsp3) is 0.357. The summed E-state index contributed by atoms with van der Waals surface area (Å²) < 4.78 is 4.11. The maximum absolute atomic E-state index is 11.2. The Morgan fingerprint density at radius 3 is 2.47 bits per heavy atom. The zero-order valence-corrected chi connectivity index (χ0v) is 11.3. The number of aromatic carboxylic acids is 1. The summed E-state index contributed by atoms with van der Waals surface area (Å²) in [5, 5.41) is 9.20. The van der Waals surface area contributed by atoms with E-state index in [1.165, 1.54) is 0 Å². The Hall–Kier alpha value is -1.68. The molecule has 1 N–H and O–H groups in total. The number of hydrogen-bond donors (Lipinski definition) is 1. The molecule has 0 amide bonds. The topological polar surface area (TPSA) is 47.2 Å². The molecule has 19 heavy (non-hydrogen) atoms. The van der Waals surface area contributed by atoms with Gasteiger partial charge in [-0.1, -0.05) is 0 Å². The lowest BCUT2D eigenvalue weighted by molar-refractivity contribution is 0.0681. The van der Waals surface area contributed by atoms with Crippen molar-refractivity contribution in [2.75, 3.05) is 0 Å². The van der Waals surface area contributed by atoms with E-state index in [1.807, 2.05) is 29.0 Å². The van der Waals surface area contributed by atoms with Crippen molar-refractivity contribution < 1.29 is 9.90 Å². The zero-order valence-electron chi connectivity index (χ0n) is 10.5. The number of hydrogen-bond acceptors (Lipinski definition) is 1. The van der Waals surface area contributed by atoms with Crippen molar-refractivity contribution in [3.63, 3.8) is 0 Å². The minimum Gasteiger partial charge on any atom is -0.477 e. The molecule has 1 saturated carbocycles. The van der Waals surface area contributed by atoms with Gasteiger partial charge in [0, 0.05) is 18.6 Å². The van der Waals surface area contributed by atoms with Crippen LogP contribution in [-0.4, -0.2) is 20.2 Å². The van der Waals surface area contributed by atoms with Crippen molar-refractivity contribution in [1.29, 1.82) is 0 Å². The molecular weight excluding hydrogens is 264 g/mol. The number of halogens is 1. The van der Waals surface area contributed by atoms with Crippen LogP contribution in [0.3, 0.4) is 0 Å². The van der Waals surface area contributed by atoms with Gasteiger partial charge in [-0.05, 0) is 43.5 Å². The fourth-order valence-corrected chi connectivity index (χ4v) is 3.03. The van der Waals surface area contributed by atoms with Gasteiger partial charge in [-0.15, -0.1) is 12.4 Å². The van der Waals surface area contributed by atoms with Crippen LogP contribution in [0.25, 0.3) is 0 Å². The van der Waals surface area contributed by atoms with E-state index in [9.17, 15) is 9.90 Å². The Labute approximate surface area is 118 Å². The molecule has 2 aromatic rings. The molecule has 0 radical (unpaired) electrons. The van der Waals surface area contributed by atoms with Crippen molar-refractivity contribution in [3.8, 4) is 0 Å². The van der Waals surface area contributed by atoms with Crippen molar-refractivity contribution in [2.24, 2.45) is 0 Å². The van der Waals surface area contributed by atoms with Gasteiger partial charge in [0.25, 0.3) is 0 Å². The summed E-state index contributed by atoms with van der Waals surface area (Å²) in [6.45, 7) is 0. The standard InChI is InChI=1S/C14H16N2O2.ClH/c17-14(18)13-7-4-10-16(13)12-6-3-5-11(12)15-8-1-2-9-15;/h1-2,4,7-12H,3,5-6H2,(H,17,18);1H. The molecule has 0 spiro atoms. The van der Waals surface area contributed by atoms with Crippen LogP contribution >= 0.6 is 12.4 Å². The zero-order chi connectivity index (χ0) is 12.5. The second kappa shape index (κ2) is 5.53. The van der Waals surface area contributed by atoms with Crippen LogP contribution in [-0.2, 0) is 0 Å². The lowest BCUT2D eigenvalue weighted by Gasteiger charge is -2.24. The molecule has 2 unspecified atom stereocenters. The second-order valence-electron chi connectivity index (χ2n) is 4.80. The molecule has 2 aromatic heterocycles. The second-order valence-corrected chi connectivity index (χ2v) is 4.80. The highest BCUT2D eigenvalue weighted by Crippen LogP contribution is 2.40. The molecule has 1 fully saturated rings. The smallest absolute Gasteiger partial charge is 0.352 e. The molecule has 2 heterocycles. The fourth-order valence-electron chi connectivity index (χ4n) is 3.03. The van der Waals surface area contributed by atoms with E-state index in [0.717, 1.165) is 19.3 Å². The average molecular weight is 281 g/mol. The van der Waals surface area contributed by atoms with Crippen LogP contribution in [0, 0.1) is 0 Å². The van der Waals surface area contributed by atoms with E-state index in [1.54, 1.807) is 6.07 Å². The Morgan fingerprint density at radius 1 is 1.11 bits per heavy atom. The summed E-state index contributed by atoms with van der Waals surface area (Å²) in [5.74, 6) is -0.849. The van der Waals surface area contributed by atoms with Gasteiger partial charge in [-0.3, -0.25) is 0 Å². The van der Waals surface area contributed by atoms with Gasteiger partial charge in [-0.25, -0.2) is 4.79 Å². The summed E-state index contributed by atoms with van der Waals surface area (Å²) in [5.41, 5.74) is 0.388. The highest BCUT2D eigenvalue weighted by atomic mass is 35.5. The maximum atomic E-state index is 11.2. The molecule has 0 bridgehead atoms. The predicted octanol–water partition coefficient (Wildman–Crippen LogP) is 3.38. The van der Waals surface area contributed by atoms with E-state index in [0.29, 0.717) is 11.7 Å². The number of carboxylic acid groups (broad SMARTS) is 1. The number of nitrogens with zero attached hydrogens (tertiary/aromatic N) is 2. The first-order valence-corrected chi connectivity index (χ1v) is 6.30. The molecule has 2 atom stereocenters. The summed E-state index contributed by atoms with van der Waals surface area (Å²) in [4.78, 5) is 11.2. The van der Waals surface area contributed by atoms with Crippen LogP contribution in [0.1, 0.15) is 41.8 Å². The summed E-state index contributed by atoms with van der Waals surface area (Å²) >= 11 is 0. The van der Waals surface area contributed by atoms with E-state index in [-0.39, 0.29) is 18.4 Å². The third-order valence-electron chi connectivity index (χ3n) is 3.81. The Balaban J connectivity index is 0.00000133. The van der Waals surface area contributed by atoms with Crippen molar-refractivity contribution in [3.05, 3.63) is 48.5 Å². The highest BCUT2D eigenvalue weighted by molar-refractivity contribution is 5.86. The van der Waals surface area contributed by atoms with Gasteiger partial charge in [0.1, 0.15) is 5.69 Å². The lowest BCUT2D eigenvalue weighted by Crippen LogP contribution is -2.20. The normalized spacial score (nSPS) is 22.1. The van der Waals surface area contributed by atoms with Gasteiger partial charge in [0.05, 0.1) is 12.1 Å². The van der Waals surface area contributed by atoms with E-state index in [4.69, 9.17) is 0 Å². The first-order chi connectivity index (χ1) is 8.77. The summed E-state index contributed by atoms with van der Waals surface area (Å²) in [7, 11) is 0. The Kier molecular flexibility index (Phi) is 4.00. The predicted molar refractivity (Wildman–Crippen MR) is 75.0 cm³/mol. The van der Waals surface area contributed by atoms with Crippen LogP contribution in [0.4, 0.5) is 0 Å². The molecular formula is C14H17ClN2O2. The first kappa shape index (κ1) is 13.7. The van der Waals surface area contributed by atoms with Crippen LogP contribution in [0.5, 0.6) is 0 Å². The Bertz CT molecular complexity index is 548. The summed E-state index contributed by atoms with van der Waals surface area (Å²) in [6, 6.07) is 8.14. The number of aromatic nitrogens is 2. The molecule has 102 valence electrons. The average Bonchev–Trinajstić information content (AvgIpc) is 3.10. The van der Waals surface area contributed by atoms with E-state index < -0.39 is 5.97 Å². The molecule has 1 aliphatic carbocycles. The monoisotopic (exact) mass is 280 g/mol. The van der Waals surface area contributed by atoms with Gasteiger partial charge >= 0.3 is 5.97 Å². The van der Waals surface area contributed by atoms with Crippen molar-refractivity contribution in [1.82, 2.24) is 9.13 Å². The first-order valence-electron chi connectivity index (χ1n) is 6.30. The quantitative estimate of drug-likeness (QED) is 0.937. The molecule has 4 nitrogen and oxygen atoms in total. The Morgan fingerprint density at radius 2 is 1.79 bits per heavy atom.